The van der Waals surface area contributed by atoms with Gasteiger partial charge in [0, 0.05) is 36.4 Å². The molecule has 1 unspecified atom stereocenters. The second-order valence-corrected chi connectivity index (χ2v) is 11.5. The lowest BCUT2D eigenvalue weighted by Crippen LogP contribution is -2.50. The molecule has 2 aromatic rings. The molecule has 0 spiro atoms. The van der Waals surface area contributed by atoms with Crippen molar-refractivity contribution in [3.8, 4) is 0 Å². The average Bonchev–Trinajstić information content (AvgIpc) is 3.54. The Morgan fingerprint density at radius 2 is 2.14 bits per heavy atom. The highest BCUT2D eigenvalue weighted by molar-refractivity contribution is 7.86. The number of nitrogens with two attached hydrogens (primary N) is 1. The lowest BCUT2D eigenvalue weighted by Gasteiger charge is -2.30. The number of aliphatic carboxylic acids is 1. The Balaban J connectivity index is 1.58. The quantitative estimate of drug-likeness (QED) is 0.491. The van der Waals surface area contributed by atoms with E-state index in [9.17, 15) is 22.7 Å². The van der Waals surface area contributed by atoms with E-state index in [-0.39, 0.29) is 42.2 Å². The zero-order chi connectivity index (χ0) is 26.7. The lowest BCUT2D eigenvalue weighted by atomic mass is 9.92. The number of rotatable bonds is 6. The van der Waals surface area contributed by atoms with Crippen LogP contribution in [0.3, 0.4) is 0 Å². The fourth-order valence-electron chi connectivity index (χ4n) is 5.33. The van der Waals surface area contributed by atoms with Crippen LogP contribution >= 0.6 is 11.3 Å². The molecule has 0 radical (unpaired) electrons. The van der Waals surface area contributed by atoms with Crippen LogP contribution in [0, 0.1) is 12.7 Å². The normalized spacial score (nSPS) is 26.2. The Morgan fingerprint density at radius 3 is 2.78 bits per heavy atom. The molecule has 15 heteroatoms. The summed E-state index contributed by atoms with van der Waals surface area (Å²) in [6, 6.07) is 0.594. The Morgan fingerprint density at radius 1 is 1.38 bits per heavy atom. The fraction of sp³-hybridized carbons (Fsp3) is 0.409. The molecule has 1 aromatic heterocycles. The van der Waals surface area contributed by atoms with Crippen molar-refractivity contribution in [2.75, 3.05) is 19.6 Å². The van der Waals surface area contributed by atoms with Gasteiger partial charge in [-0.15, -0.1) is 11.3 Å². The molecule has 2 fully saturated rings. The Bertz CT molecular complexity index is 1410. The van der Waals surface area contributed by atoms with Gasteiger partial charge < -0.3 is 10.4 Å². The molecular formula is C22H23F3N6O4S2. The van der Waals surface area contributed by atoms with Crippen LogP contribution in [0.1, 0.15) is 28.6 Å². The van der Waals surface area contributed by atoms with Gasteiger partial charge in [0.2, 0.25) is 0 Å². The number of fused-ring (bicyclic) bond motifs is 1. The smallest absolute Gasteiger partial charge is 0.335 e. The van der Waals surface area contributed by atoms with E-state index in [0.29, 0.717) is 14.9 Å². The first kappa shape index (κ1) is 25.8. The number of carboxylic acids is 1. The molecule has 198 valence electrons. The molecular weight excluding hydrogens is 533 g/mol. The topological polar surface area (TPSA) is 141 Å². The molecule has 4 heterocycles. The maximum atomic E-state index is 15.0. The van der Waals surface area contributed by atoms with E-state index in [0.717, 1.165) is 0 Å². The molecule has 0 amide bonds. The molecule has 2 saturated heterocycles. The van der Waals surface area contributed by atoms with Gasteiger partial charge in [-0.1, -0.05) is 12.1 Å². The lowest BCUT2D eigenvalue weighted by molar-refractivity contribution is -0.133. The van der Waals surface area contributed by atoms with Crippen LogP contribution < -0.4 is 10.5 Å². The Hall–Kier alpha value is -2.85. The number of hydrogen-bond donors (Lipinski definition) is 3. The minimum Gasteiger partial charge on any atom is -0.478 e. The van der Waals surface area contributed by atoms with Crippen molar-refractivity contribution in [1.82, 2.24) is 19.5 Å². The van der Waals surface area contributed by atoms with Crippen molar-refractivity contribution < 1.29 is 31.5 Å². The molecule has 37 heavy (non-hydrogen) atoms. The van der Waals surface area contributed by atoms with Crippen molar-refractivity contribution >= 4 is 33.4 Å². The summed E-state index contributed by atoms with van der Waals surface area (Å²) in [6.45, 7) is 0.289. The van der Waals surface area contributed by atoms with Crippen LogP contribution in [0.25, 0.3) is 0 Å². The van der Waals surface area contributed by atoms with Crippen LogP contribution in [0.4, 0.5) is 13.2 Å². The van der Waals surface area contributed by atoms with Crippen LogP contribution in [-0.2, 0) is 15.0 Å². The van der Waals surface area contributed by atoms with Gasteiger partial charge in [-0.25, -0.2) is 28.1 Å². The summed E-state index contributed by atoms with van der Waals surface area (Å²) >= 11 is 1.24. The maximum Gasteiger partial charge on any atom is 0.335 e. The van der Waals surface area contributed by atoms with E-state index in [2.05, 4.69) is 15.3 Å². The first-order valence-corrected chi connectivity index (χ1v) is 13.6. The van der Waals surface area contributed by atoms with Crippen molar-refractivity contribution in [2.45, 2.75) is 37.4 Å². The number of hydrogen-bond acceptors (Lipinski definition) is 8. The van der Waals surface area contributed by atoms with Gasteiger partial charge in [0.25, 0.3) is 16.1 Å². The molecule has 3 aliphatic heterocycles. The van der Waals surface area contributed by atoms with Crippen molar-refractivity contribution in [3.05, 3.63) is 63.0 Å². The monoisotopic (exact) mass is 556 g/mol. The average molecular weight is 557 g/mol. The summed E-state index contributed by atoms with van der Waals surface area (Å²) in [6.07, 6.45) is 1.64. The SMILES string of the molecule is Cc1c(F)cccc1C1N=C(c2nccs2)NC(CN2CC(F)(F)[C@H]3[C@@H]2CCN3S(N)(=O)=O)=C1C(=O)O. The minimum absolute atomic E-state index is 0.0897. The van der Waals surface area contributed by atoms with Gasteiger partial charge in [0.1, 0.15) is 17.9 Å². The van der Waals surface area contributed by atoms with E-state index >= 15 is 8.78 Å². The number of aliphatic imine (C=N–C) groups is 1. The molecule has 3 aliphatic rings. The number of likely N-dealkylation sites (tertiary alicyclic amines) is 1. The number of halogens is 3. The van der Waals surface area contributed by atoms with Crippen molar-refractivity contribution in [3.63, 3.8) is 0 Å². The first-order valence-electron chi connectivity index (χ1n) is 11.3. The summed E-state index contributed by atoms with van der Waals surface area (Å²) < 4.78 is 69.0. The van der Waals surface area contributed by atoms with Gasteiger partial charge in [-0.3, -0.25) is 9.89 Å². The number of thiazole rings is 1. The number of alkyl halides is 2. The van der Waals surface area contributed by atoms with Crippen molar-refractivity contribution in [1.29, 1.82) is 0 Å². The molecule has 3 atom stereocenters. The van der Waals surface area contributed by atoms with Crippen LogP contribution in [0.5, 0.6) is 0 Å². The predicted molar refractivity (Wildman–Crippen MR) is 129 cm³/mol. The van der Waals surface area contributed by atoms with E-state index < -0.39 is 52.6 Å². The summed E-state index contributed by atoms with van der Waals surface area (Å²) in [5.41, 5.74) is 0.396. The summed E-state index contributed by atoms with van der Waals surface area (Å²) in [7, 11) is -4.36. The highest BCUT2D eigenvalue weighted by Crippen LogP contribution is 2.43. The maximum absolute atomic E-state index is 15.0. The van der Waals surface area contributed by atoms with Crippen molar-refractivity contribution in [2.24, 2.45) is 10.1 Å². The number of amidine groups is 1. The van der Waals surface area contributed by atoms with E-state index in [4.69, 9.17) is 5.14 Å². The van der Waals surface area contributed by atoms with Crippen LogP contribution in [0.2, 0.25) is 0 Å². The van der Waals surface area contributed by atoms with Crippen LogP contribution in [0.15, 0.2) is 46.0 Å². The summed E-state index contributed by atoms with van der Waals surface area (Å²) in [5, 5.41) is 20.5. The minimum atomic E-state index is -4.36. The summed E-state index contributed by atoms with van der Waals surface area (Å²) in [4.78, 5) is 22.6. The third-order valence-electron chi connectivity index (χ3n) is 6.92. The molecule has 1 aromatic carbocycles. The highest BCUT2D eigenvalue weighted by atomic mass is 32.2. The number of nitrogens with zero attached hydrogens (tertiary/aromatic N) is 4. The van der Waals surface area contributed by atoms with Crippen LogP contribution in [-0.4, -0.2) is 77.2 Å². The van der Waals surface area contributed by atoms with Gasteiger partial charge in [-0.2, -0.15) is 12.7 Å². The van der Waals surface area contributed by atoms with Gasteiger partial charge in [-0.05, 0) is 30.5 Å². The zero-order valence-corrected chi connectivity index (χ0v) is 21.1. The van der Waals surface area contributed by atoms with E-state index in [1.165, 1.54) is 41.5 Å². The van der Waals surface area contributed by atoms with Gasteiger partial charge >= 0.3 is 5.97 Å². The Kier molecular flexibility index (Phi) is 6.39. The zero-order valence-electron chi connectivity index (χ0n) is 19.4. The van der Waals surface area contributed by atoms with E-state index in [1.54, 1.807) is 11.4 Å². The second-order valence-electron chi connectivity index (χ2n) is 9.12. The second kappa shape index (κ2) is 9.16. The third kappa shape index (κ3) is 4.54. The predicted octanol–water partition coefficient (Wildman–Crippen LogP) is 1.62. The number of nitrogens with one attached hydrogen (secondary N) is 1. The third-order valence-corrected chi connectivity index (χ3v) is 8.76. The number of carbonyl (C=O) groups is 1. The molecule has 0 bridgehead atoms. The standard InChI is InChI=1S/C22H23F3N6O4S2/c1-11-12(3-2-4-13(11)23)17-16(21(32)33)14(28-19(29-17)20-27-6-8-36-20)9-30-10-22(24,25)18-15(30)5-7-31(18)37(26,34)35/h2-4,6,8,15,17-18H,5,7,9-10H2,1H3,(H,28,29)(H,32,33)(H2,26,34,35)/t15-,17?,18+/m0/s1. The molecule has 4 N–H and O–H groups in total. The largest absolute Gasteiger partial charge is 0.478 e. The molecule has 5 rings (SSSR count). The van der Waals surface area contributed by atoms with Gasteiger partial charge in [0.05, 0.1) is 12.1 Å². The number of benzene rings is 1. The Labute approximate surface area is 214 Å². The molecule has 0 saturated carbocycles. The molecule has 10 nitrogen and oxygen atoms in total. The highest BCUT2D eigenvalue weighted by Gasteiger charge is 2.61. The van der Waals surface area contributed by atoms with E-state index in [1.807, 2.05) is 0 Å². The fourth-order valence-corrected chi connectivity index (χ4v) is 6.89. The summed E-state index contributed by atoms with van der Waals surface area (Å²) in [5.74, 6) is -5.07. The van der Waals surface area contributed by atoms with Gasteiger partial charge in [0.15, 0.2) is 10.8 Å². The number of aromatic nitrogens is 1. The number of carboxylic acid groups (broad SMARTS) is 1. The first-order chi connectivity index (χ1) is 17.4. The molecule has 0 aliphatic carbocycles.